The van der Waals surface area contributed by atoms with Crippen LogP contribution >= 0.6 is 11.6 Å². The molecule has 31 heavy (non-hydrogen) atoms. The number of nitrogens with zero attached hydrogens (tertiary/aromatic N) is 2. The van der Waals surface area contributed by atoms with Gasteiger partial charge in [-0.25, -0.2) is 9.97 Å². The highest BCUT2D eigenvalue weighted by atomic mass is 35.5. The first-order chi connectivity index (χ1) is 15.2. The van der Waals surface area contributed by atoms with Crippen molar-refractivity contribution in [3.05, 3.63) is 77.2 Å². The van der Waals surface area contributed by atoms with Crippen LogP contribution < -0.4 is 10.1 Å². The Morgan fingerprint density at radius 1 is 1.13 bits per heavy atom. The van der Waals surface area contributed by atoms with E-state index < -0.39 is 0 Å². The number of hydrogen-bond acceptors (Lipinski definition) is 6. The van der Waals surface area contributed by atoms with Crippen LogP contribution in [-0.4, -0.2) is 40.0 Å². The van der Waals surface area contributed by atoms with Crippen LogP contribution in [0.1, 0.15) is 22.3 Å². The summed E-state index contributed by atoms with van der Waals surface area (Å²) >= 11 is 6.46. The van der Waals surface area contributed by atoms with Gasteiger partial charge in [-0.05, 0) is 30.7 Å². The minimum Gasteiger partial charge on any atom is -0.457 e. The molecule has 1 atom stereocenters. The molecule has 0 saturated carbocycles. The fourth-order valence-corrected chi connectivity index (χ4v) is 3.86. The lowest BCUT2D eigenvalue weighted by molar-refractivity contribution is 0.104. The molecule has 1 fully saturated rings. The summed E-state index contributed by atoms with van der Waals surface area (Å²) in [6.07, 6.45) is 3.99. The number of halogens is 1. The number of benzene rings is 2. The third-order valence-electron chi connectivity index (χ3n) is 5.15. The van der Waals surface area contributed by atoms with E-state index in [4.69, 9.17) is 21.1 Å². The number of ether oxygens (including phenoxy) is 2. The Hall–Kier alpha value is -3.42. The first-order valence-corrected chi connectivity index (χ1v) is 10.3. The fourth-order valence-electron chi connectivity index (χ4n) is 3.61. The number of carbonyl (C=O) groups is 1. The summed E-state index contributed by atoms with van der Waals surface area (Å²) < 4.78 is 11.2. The average Bonchev–Trinajstić information content (AvgIpc) is 3.44. The van der Waals surface area contributed by atoms with Crippen molar-refractivity contribution in [2.45, 2.75) is 12.5 Å². The Morgan fingerprint density at radius 3 is 2.77 bits per heavy atom. The van der Waals surface area contributed by atoms with Crippen LogP contribution in [0.5, 0.6) is 11.5 Å². The molecule has 156 valence electrons. The lowest BCUT2D eigenvalue weighted by atomic mass is 10.0. The van der Waals surface area contributed by atoms with Gasteiger partial charge in [0.1, 0.15) is 29.3 Å². The van der Waals surface area contributed by atoms with Gasteiger partial charge in [0.2, 0.25) is 0 Å². The van der Waals surface area contributed by atoms with E-state index in [1.165, 1.54) is 6.33 Å². The minimum atomic E-state index is -0.219. The Labute approximate surface area is 183 Å². The second-order valence-corrected chi connectivity index (χ2v) is 7.65. The summed E-state index contributed by atoms with van der Waals surface area (Å²) in [5.74, 6) is 1.63. The normalized spacial score (nSPS) is 15.8. The molecule has 0 bridgehead atoms. The Balaban J connectivity index is 1.46. The first-order valence-electron chi connectivity index (χ1n) is 9.92. The van der Waals surface area contributed by atoms with E-state index in [1.54, 1.807) is 24.4 Å². The first kappa shape index (κ1) is 19.5. The van der Waals surface area contributed by atoms with Crippen LogP contribution in [0.2, 0.25) is 5.02 Å². The quantitative estimate of drug-likeness (QED) is 0.422. The predicted molar refractivity (Wildman–Crippen MR) is 118 cm³/mol. The predicted octanol–water partition coefficient (Wildman–Crippen LogP) is 4.84. The van der Waals surface area contributed by atoms with Gasteiger partial charge in [0.05, 0.1) is 28.6 Å². The van der Waals surface area contributed by atoms with Crippen LogP contribution in [0.15, 0.2) is 61.1 Å². The van der Waals surface area contributed by atoms with Gasteiger partial charge in [0.25, 0.3) is 0 Å². The summed E-state index contributed by atoms with van der Waals surface area (Å²) in [7, 11) is 0. The number of hydrogen-bond donors (Lipinski definition) is 2. The van der Waals surface area contributed by atoms with E-state index in [9.17, 15) is 4.79 Å². The van der Waals surface area contributed by atoms with E-state index in [2.05, 4.69) is 20.3 Å². The van der Waals surface area contributed by atoms with Gasteiger partial charge in [-0.2, -0.15) is 0 Å². The number of carbonyl (C=O) groups excluding carboxylic acids is 1. The van der Waals surface area contributed by atoms with Crippen molar-refractivity contribution in [3.63, 3.8) is 0 Å². The number of H-pyrrole nitrogens is 1. The van der Waals surface area contributed by atoms with Gasteiger partial charge >= 0.3 is 0 Å². The molecule has 1 saturated heterocycles. The van der Waals surface area contributed by atoms with E-state index >= 15 is 0 Å². The molecule has 1 aliphatic heterocycles. The van der Waals surface area contributed by atoms with E-state index in [-0.39, 0.29) is 11.8 Å². The molecule has 0 aliphatic carbocycles. The average molecular weight is 435 g/mol. The van der Waals surface area contributed by atoms with E-state index in [0.717, 1.165) is 6.42 Å². The second-order valence-electron chi connectivity index (χ2n) is 7.24. The molecule has 0 amide bonds. The third-order valence-corrected chi connectivity index (χ3v) is 5.46. The van der Waals surface area contributed by atoms with Crippen LogP contribution in [0.3, 0.4) is 0 Å². The maximum absolute atomic E-state index is 13.3. The molecule has 2 N–H and O–H groups in total. The summed E-state index contributed by atoms with van der Waals surface area (Å²) in [4.78, 5) is 25.0. The minimum absolute atomic E-state index is 0.147. The van der Waals surface area contributed by atoms with Crippen LogP contribution in [0.25, 0.3) is 11.0 Å². The number of ketones is 1. The zero-order valence-electron chi connectivity index (χ0n) is 16.5. The third kappa shape index (κ3) is 3.97. The van der Waals surface area contributed by atoms with E-state index in [0.29, 0.717) is 57.7 Å². The van der Waals surface area contributed by atoms with Crippen molar-refractivity contribution in [3.8, 4) is 11.5 Å². The number of aromatic nitrogens is 3. The van der Waals surface area contributed by atoms with Crippen molar-refractivity contribution >= 4 is 34.2 Å². The lowest BCUT2D eigenvalue weighted by Crippen LogP contribution is -2.20. The Kier molecular flexibility index (Phi) is 5.28. The molecule has 4 aromatic rings. The molecule has 5 rings (SSSR count). The number of para-hydroxylation sites is 1. The molecular weight excluding hydrogens is 416 g/mol. The number of anilines is 1. The summed E-state index contributed by atoms with van der Waals surface area (Å²) in [5.41, 5.74) is 1.41. The van der Waals surface area contributed by atoms with Gasteiger partial charge in [-0.15, -0.1) is 0 Å². The highest BCUT2D eigenvalue weighted by Gasteiger charge is 2.23. The van der Waals surface area contributed by atoms with Crippen molar-refractivity contribution in [2.24, 2.45) is 0 Å². The molecule has 3 heterocycles. The monoisotopic (exact) mass is 434 g/mol. The maximum Gasteiger partial charge on any atom is 0.196 e. The summed E-state index contributed by atoms with van der Waals surface area (Å²) in [6.45, 7) is 1.31. The van der Waals surface area contributed by atoms with Crippen LogP contribution in [0.4, 0.5) is 5.82 Å². The fraction of sp³-hybridized carbons (Fsp3) is 0.174. The van der Waals surface area contributed by atoms with E-state index in [1.807, 2.05) is 30.3 Å². The van der Waals surface area contributed by atoms with Gasteiger partial charge in [-0.1, -0.05) is 29.8 Å². The molecule has 7 nitrogen and oxygen atoms in total. The summed E-state index contributed by atoms with van der Waals surface area (Å²) in [5, 5.41) is 4.31. The highest BCUT2D eigenvalue weighted by Crippen LogP contribution is 2.31. The highest BCUT2D eigenvalue weighted by molar-refractivity contribution is 6.35. The molecule has 2 aromatic heterocycles. The molecule has 0 radical (unpaired) electrons. The van der Waals surface area contributed by atoms with Crippen molar-refractivity contribution in [1.29, 1.82) is 0 Å². The SMILES string of the molecule is O=C(c1ccc(Oc2ccccc2)cc1Cl)c1c[nH]c2ncnc(N[C@H]3CCOC3)c12. The zero-order valence-corrected chi connectivity index (χ0v) is 17.2. The van der Waals surface area contributed by atoms with Crippen molar-refractivity contribution < 1.29 is 14.3 Å². The molecule has 1 aliphatic rings. The molecule has 0 spiro atoms. The maximum atomic E-state index is 13.3. The van der Waals surface area contributed by atoms with Crippen LogP contribution in [-0.2, 0) is 4.74 Å². The standard InChI is InChI=1S/C23H19ClN4O3/c24-19-10-16(31-15-4-2-1-3-5-15)6-7-17(19)21(29)18-11-25-22-20(18)23(27-13-26-22)28-14-8-9-30-12-14/h1-7,10-11,13-14H,8-9,12H2,(H2,25,26,27,28)/t14-/m0/s1. The molecular formula is C23H19ClN4O3. The molecule has 8 heteroatoms. The number of rotatable bonds is 6. The molecule has 0 unspecified atom stereocenters. The second kappa shape index (κ2) is 8.37. The van der Waals surface area contributed by atoms with Gasteiger partial charge < -0.3 is 19.8 Å². The summed E-state index contributed by atoms with van der Waals surface area (Å²) in [6, 6.07) is 14.6. The van der Waals surface area contributed by atoms with Gasteiger partial charge in [-0.3, -0.25) is 4.79 Å². The lowest BCUT2D eigenvalue weighted by Gasteiger charge is -2.13. The smallest absolute Gasteiger partial charge is 0.196 e. The Morgan fingerprint density at radius 2 is 2.00 bits per heavy atom. The number of aromatic amines is 1. The van der Waals surface area contributed by atoms with Crippen molar-refractivity contribution in [2.75, 3.05) is 18.5 Å². The largest absolute Gasteiger partial charge is 0.457 e. The van der Waals surface area contributed by atoms with Gasteiger partial charge in [0, 0.05) is 24.4 Å². The zero-order chi connectivity index (χ0) is 21.2. The Bertz CT molecular complexity index is 1240. The van der Waals surface area contributed by atoms with Gasteiger partial charge in [0.15, 0.2) is 5.78 Å². The topological polar surface area (TPSA) is 89.1 Å². The van der Waals surface area contributed by atoms with Crippen LogP contribution in [0, 0.1) is 0 Å². The molecule has 2 aromatic carbocycles. The number of nitrogens with one attached hydrogen (secondary N) is 2. The number of fused-ring (bicyclic) bond motifs is 1. The van der Waals surface area contributed by atoms with Crippen molar-refractivity contribution in [1.82, 2.24) is 15.0 Å².